The van der Waals surface area contributed by atoms with Gasteiger partial charge in [0.1, 0.15) is 24.7 Å². The highest BCUT2D eigenvalue weighted by atomic mass is 19.1. The second kappa shape index (κ2) is 9.90. The van der Waals surface area contributed by atoms with Crippen molar-refractivity contribution in [2.45, 2.75) is 38.3 Å². The Bertz CT molecular complexity index is 818. The molecule has 1 heterocycles. The Balaban J connectivity index is 1.39. The van der Waals surface area contributed by atoms with Crippen LogP contribution in [0.4, 0.5) is 14.9 Å². The molecule has 3 rings (SSSR count). The summed E-state index contributed by atoms with van der Waals surface area (Å²) in [6, 6.07) is 5.65. The number of carbonyl (C=O) groups is 2. The molecular weight excluding hydrogens is 377 g/mol. The molecule has 156 valence electrons. The van der Waals surface area contributed by atoms with Gasteiger partial charge in [-0.3, -0.25) is 9.48 Å². The summed E-state index contributed by atoms with van der Waals surface area (Å²) in [5.41, 5.74) is 0.509. The minimum atomic E-state index is -0.328. The van der Waals surface area contributed by atoms with Crippen molar-refractivity contribution >= 4 is 17.6 Å². The lowest BCUT2D eigenvalue weighted by molar-refractivity contribution is -0.122. The fraction of sp³-hybridized carbons (Fsp3) is 0.450. The summed E-state index contributed by atoms with van der Waals surface area (Å²) in [6.07, 6.45) is 7.50. The van der Waals surface area contributed by atoms with E-state index in [0.29, 0.717) is 18.0 Å². The van der Waals surface area contributed by atoms with Crippen LogP contribution in [0.5, 0.6) is 5.75 Å². The first-order chi connectivity index (χ1) is 14.0. The van der Waals surface area contributed by atoms with E-state index >= 15 is 0 Å². The van der Waals surface area contributed by atoms with Crippen molar-refractivity contribution in [3.63, 3.8) is 0 Å². The zero-order chi connectivity index (χ0) is 20.6. The number of aromatic nitrogens is 2. The number of rotatable bonds is 8. The van der Waals surface area contributed by atoms with Crippen LogP contribution in [0, 0.1) is 5.82 Å². The summed E-state index contributed by atoms with van der Waals surface area (Å²) in [6.45, 7) is 0.741. The van der Waals surface area contributed by atoms with Crippen LogP contribution >= 0.6 is 0 Å². The zero-order valence-corrected chi connectivity index (χ0v) is 16.4. The Morgan fingerprint density at radius 2 is 2.00 bits per heavy atom. The highest BCUT2D eigenvalue weighted by molar-refractivity contribution is 5.88. The number of amides is 3. The van der Waals surface area contributed by atoms with Crippen LogP contribution in [0.3, 0.4) is 0 Å². The predicted octanol–water partition coefficient (Wildman–Crippen LogP) is 2.62. The van der Waals surface area contributed by atoms with Gasteiger partial charge in [0, 0.05) is 19.3 Å². The molecule has 0 spiro atoms. The van der Waals surface area contributed by atoms with Crippen molar-refractivity contribution in [3.05, 3.63) is 42.5 Å². The van der Waals surface area contributed by atoms with Gasteiger partial charge in [-0.2, -0.15) is 5.10 Å². The van der Waals surface area contributed by atoms with E-state index in [1.54, 1.807) is 13.2 Å². The first-order valence-electron chi connectivity index (χ1n) is 9.72. The van der Waals surface area contributed by atoms with E-state index < -0.39 is 0 Å². The molecule has 0 aliphatic heterocycles. The lowest BCUT2D eigenvalue weighted by Gasteiger charge is -2.17. The fourth-order valence-electron chi connectivity index (χ4n) is 3.16. The second-order valence-corrected chi connectivity index (χ2v) is 7.13. The molecule has 0 unspecified atom stereocenters. The van der Waals surface area contributed by atoms with Gasteiger partial charge in [-0.05, 0) is 37.1 Å². The Morgan fingerprint density at radius 1 is 1.28 bits per heavy atom. The molecule has 29 heavy (non-hydrogen) atoms. The summed E-state index contributed by atoms with van der Waals surface area (Å²) in [7, 11) is 1.64. The molecule has 0 atom stereocenters. The van der Waals surface area contributed by atoms with Gasteiger partial charge in [0.2, 0.25) is 5.91 Å². The summed E-state index contributed by atoms with van der Waals surface area (Å²) in [5.74, 6) is 0.135. The minimum absolute atomic E-state index is 0.0760. The summed E-state index contributed by atoms with van der Waals surface area (Å²) in [5, 5.41) is 9.86. The van der Waals surface area contributed by atoms with Gasteiger partial charge in [-0.25, -0.2) is 9.18 Å². The number of carbonyl (C=O) groups excluding carboxylic acids is 2. The molecule has 0 radical (unpaired) electrons. The van der Waals surface area contributed by atoms with Crippen LogP contribution in [-0.2, 0) is 11.3 Å². The smallest absolute Gasteiger partial charge is 0.321 e. The molecule has 1 saturated carbocycles. The largest absolute Gasteiger partial charge is 0.492 e. The van der Waals surface area contributed by atoms with E-state index in [2.05, 4.69) is 15.7 Å². The van der Waals surface area contributed by atoms with E-state index in [4.69, 9.17) is 4.74 Å². The Hall–Kier alpha value is -3.10. The Morgan fingerprint density at radius 3 is 2.72 bits per heavy atom. The number of benzene rings is 1. The van der Waals surface area contributed by atoms with Crippen molar-refractivity contribution in [2.75, 3.05) is 25.5 Å². The van der Waals surface area contributed by atoms with Crippen LogP contribution in [0.1, 0.15) is 25.7 Å². The third-order valence-corrected chi connectivity index (χ3v) is 4.77. The maximum absolute atomic E-state index is 12.9. The Labute approximate surface area is 169 Å². The molecule has 8 nitrogen and oxygen atoms in total. The van der Waals surface area contributed by atoms with Crippen LogP contribution in [0.2, 0.25) is 0 Å². The number of nitrogens with zero attached hydrogens (tertiary/aromatic N) is 3. The summed E-state index contributed by atoms with van der Waals surface area (Å²) < 4.78 is 19.8. The molecule has 1 aliphatic rings. The molecule has 1 aromatic heterocycles. The summed E-state index contributed by atoms with van der Waals surface area (Å²) >= 11 is 0. The average molecular weight is 403 g/mol. The predicted molar refractivity (Wildman–Crippen MR) is 106 cm³/mol. The highest BCUT2D eigenvalue weighted by Gasteiger charge is 2.17. The SMILES string of the molecule is CN(CCOc1ccc(F)cc1)C(=O)Nc1cnn(CC(=O)NC2CCCC2)c1. The van der Waals surface area contributed by atoms with E-state index in [9.17, 15) is 14.0 Å². The number of hydrogen-bond donors (Lipinski definition) is 2. The first-order valence-corrected chi connectivity index (χ1v) is 9.72. The molecule has 0 bridgehead atoms. The molecule has 3 amide bonds. The van der Waals surface area contributed by atoms with E-state index in [0.717, 1.165) is 25.7 Å². The van der Waals surface area contributed by atoms with Crippen molar-refractivity contribution in [2.24, 2.45) is 0 Å². The molecule has 2 N–H and O–H groups in total. The third kappa shape index (κ3) is 6.48. The van der Waals surface area contributed by atoms with Crippen LogP contribution in [-0.4, -0.2) is 52.9 Å². The molecular formula is C20H26FN5O3. The lowest BCUT2D eigenvalue weighted by atomic mass is 10.2. The van der Waals surface area contributed by atoms with Crippen LogP contribution in [0.15, 0.2) is 36.7 Å². The van der Waals surface area contributed by atoms with Gasteiger partial charge < -0.3 is 20.3 Å². The van der Waals surface area contributed by atoms with E-state index in [1.807, 2.05) is 0 Å². The number of hydrogen-bond acceptors (Lipinski definition) is 4. The molecule has 0 saturated heterocycles. The van der Waals surface area contributed by atoms with Crippen molar-refractivity contribution in [3.8, 4) is 5.75 Å². The highest BCUT2D eigenvalue weighted by Crippen LogP contribution is 2.17. The zero-order valence-electron chi connectivity index (χ0n) is 16.4. The van der Waals surface area contributed by atoms with Crippen molar-refractivity contribution in [1.29, 1.82) is 0 Å². The number of likely N-dealkylation sites (N-methyl/N-ethyl adjacent to an activating group) is 1. The standard InChI is InChI=1S/C20H26FN5O3/c1-25(10-11-29-18-8-6-15(21)7-9-18)20(28)24-17-12-22-26(13-17)14-19(27)23-16-4-2-3-5-16/h6-9,12-13,16H,2-5,10-11,14H2,1H3,(H,23,27)(H,24,28). The minimum Gasteiger partial charge on any atom is -0.492 e. The van der Waals surface area contributed by atoms with Gasteiger partial charge in [0.25, 0.3) is 0 Å². The quantitative estimate of drug-likeness (QED) is 0.709. The topological polar surface area (TPSA) is 88.5 Å². The molecule has 1 fully saturated rings. The number of ether oxygens (including phenoxy) is 1. The number of halogens is 1. The lowest BCUT2D eigenvalue weighted by Crippen LogP contribution is -2.35. The average Bonchev–Trinajstić information content (AvgIpc) is 3.35. The summed E-state index contributed by atoms with van der Waals surface area (Å²) in [4.78, 5) is 25.8. The fourth-order valence-corrected chi connectivity index (χ4v) is 3.16. The van der Waals surface area contributed by atoms with E-state index in [-0.39, 0.29) is 36.9 Å². The number of urea groups is 1. The second-order valence-electron chi connectivity index (χ2n) is 7.13. The molecule has 1 aliphatic carbocycles. The van der Waals surface area contributed by atoms with Gasteiger partial charge in [0.05, 0.1) is 18.4 Å². The van der Waals surface area contributed by atoms with Crippen LogP contribution in [0.25, 0.3) is 0 Å². The maximum Gasteiger partial charge on any atom is 0.321 e. The molecule has 2 aromatic rings. The normalized spacial score (nSPS) is 13.9. The van der Waals surface area contributed by atoms with Gasteiger partial charge >= 0.3 is 6.03 Å². The van der Waals surface area contributed by atoms with Gasteiger partial charge in [0.15, 0.2) is 0 Å². The Kier molecular flexibility index (Phi) is 7.04. The monoisotopic (exact) mass is 403 g/mol. The number of anilines is 1. The van der Waals surface area contributed by atoms with Crippen molar-refractivity contribution in [1.82, 2.24) is 20.0 Å². The van der Waals surface area contributed by atoms with Crippen LogP contribution < -0.4 is 15.4 Å². The first kappa shape index (κ1) is 20.6. The van der Waals surface area contributed by atoms with Crippen molar-refractivity contribution < 1.29 is 18.7 Å². The maximum atomic E-state index is 12.9. The van der Waals surface area contributed by atoms with Gasteiger partial charge in [-0.15, -0.1) is 0 Å². The molecule has 9 heteroatoms. The molecule has 1 aromatic carbocycles. The van der Waals surface area contributed by atoms with E-state index in [1.165, 1.54) is 40.0 Å². The van der Waals surface area contributed by atoms with Gasteiger partial charge in [-0.1, -0.05) is 12.8 Å². The third-order valence-electron chi connectivity index (χ3n) is 4.77. The number of nitrogens with one attached hydrogen (secondary N) is 2.